The lowest BCUT2D eigenvalue weighted by atomic mass is 9.92. The van der Waals surface area contributed by atoms with Crippen LogP contribution in [0.25, 0.3) is 11.1 Å². The zero-order valence-electron chi connectivity index (χ0n) is 17.3. The molecule has 1 unspecified atom stereocenters. The van der Waals surface area contributed by atoms with Gasteiger partial charge in [0.25, 0.3) is 0 Å². The van der Waals surface area contributed by atoms with Gasteiger partial charge in [-0.3, -0.25) is 4.98 Å². The van der Waals surface area contributed by atoms with Gasteiger partial charge in [0.05, 0.1) is 6.61 Å². The van der Waals surface area contributed by atoms with Crippen LogP contribution in [0.4, 0.5) is 0 Å². The molecule has 1 atom stereocenters. The first-order chi connectivity index (χ1) is 13.7. The smallest absolute Gasteiger partial charge is 0.119 e. The number of ether oxygens (including phenoxy) is 1. The molecule has 0 spiro atoms. The normalized spacial score (nSPS) is 12.0. The van der Waals surface area contributed by atoms with E-state index in [9.17, 15) is 0 Å². The zero-order chi connectivity index (χ0) is 19.8. The van der Waals surface area contributed by atoms with Crippen LogP contribution in [-0.4, -0.2) is 11.6 Å². The van der Waals surface area contributed by atoms with Gasteiger partial charge in [-0.2, -0.15) is 0 Å². The summed E-state index contributed by atoms with van der Waals surface area (Å²) in [5.41, 5.74) is 6.22. The van der Waals surface area contributed by atoms with Gasteiger partial charge in [-0.25, -0.2) is 0 Å². The maximum atomic E-state index is 5.67. The molecule has 1 heterocycles. The number of aromatic nitrogens is 1. The third kappa shape index (κ3) is 5.22. The van der Waals surface area contributed by atoms with Gasteiger partial charge < -0.3 is 4.74 Å². The maximum Gasteiger partial charge on any atom is 0.119 e. The summed E-state index contributed by atoms with van der Waals surface area (Å²) in [6.45, 7) is 7.35. The van der Waals surface area contributed by atoms with Crippen LogP contribution in [0.1, 0.15) is 62.8 Å². The van der Waals surface area contributed by atoms with Crippen LogP contribution < -0.4 is 4.74 Å². The molecule has 0 bridgehead atoms. The predicted octanol–water partition coefficient (Wildman–Crippen LogP) is 7.03. The van der Waals surface area contributed by atoms with E-state index in [-0.39, 0.29) is 0 Å². The van der Waals surface area contributed by atoms with Crippen molar-refractivity contribution in [3.05, 3.63) is 83.7 Å². The average molecular weight is 374 g/mol. The summed E-state index contributed by atoms with van der Waals surface area (Å²) in [5.74, 6) is 1.28. The maximum absolute atomic E-state index is 5.67. The second kappa shape index (κ2) is 10.1. The fraction of sp³-hybridized carbons (Fsp3) is 0.346. The molecule has 1 aromatic heterocycles. The molecule has 2 heteroatoms. The Kier molecular flexibility index (Phi) is 7.25. The third-order valence-electron chi connectivity index (χ3n) is 5.21. The van der Waals surface area contributed by atoms with Crippen molar-refractivity contribution in [2.45, 2.75) is 52.4 Å². The fourth-order valence-electron chi connectivity index (χ4n) is 3.32. The standard InChI is InChI=1S/C26H31NO/c1-4-6-7-25-15-12-24(19-27-25)20(3)21-8-10-22(11-9-21)23-13-16-26(17-14-23)28-18-5-2/h8-17,19-20H,4-7,18H2,1-3H3. The van der Waals surface area contributed by atoms with Gasteiger partial charge in [-0.15, -0.1) is 0 Å². The van der Waals surface area contributed by atoms with E-state index in [0.29, 0.717) is 5.92 Å². The molecule has 0 saturated carbocycles. The molecule has 3 rings (SSSR count). The highest BCUT2D eigenvalue weighted by Gasteiger charge is 2.09. The zero-order valence-corrected chi connectivity index (χ0v) is 17.3. The lowest BCUT2D eigenvalue weighted by Crippen LogP contribution is -1.98. The van der Waals surface area contributed by atoms with Crippen LogP contribution in [0.3, 0.4) is 0 Å². The summed E-state index contributed by atoms with van der Waals surface area (Å²) in [6.07, 6.45) is 6.55. The quantitative estimate of drug-likeness (QED) is 0.401. The molecule has 0 fully saturated rings. The summed E-state index contributed by atoms with van der Waals surface area (Å²) in [6, 6.07) is 21.6. The Hall–Kier alpha value is -2.61. The van der Waals surface area contributed by atoms with Crippen LogP contribution in [0.15, 0.2) is 66.9 Å². The predicted molar refractivity (Wildman–Crippen MR) is 118 cm³/mol. The minimum Gasteiger partial charge on any atom is -0.494 e. The number of nitrogens with zero attached hydrogens (tertiary/aromatic N) is 1. The number of benzene rings is 2. The van der Waals surface area contributed by atoms with E-state index in [1.165, 1.54) is 40.8 Å². The van der Waals surface area contributed by atoms with Crippen molar-refractivity contribution >= 4 is 0 Å². The number of aryl methyl sites for hydroxylation is 1. The SMILES string of the molecule is CCCCc1ccc(C(C)c2ccc(-c3ccc(OCCC)cc3)cc2)cn1. The van der Waals surface area contributed by atoms with Crippen molar-refractivity contribution in [3.8, 4) is 16.9 Å². The first-order valence-electron chi connectivity index (χ1n) is 10.5. The molecule has 28 heavy (non-hydrogen) atoms. The second-order valence-corrected chi connectivity index (χ2v) is 7.40. The van der Waals surface area contributed by atoms with Crippen molar-refractivity contribution in [1.82, 2.24) is 4.98 Å². The van der Waals surface area contributed by atoms with Crippen LogP contribution in [0.5, 0.6) is 5.75 Å². The second-order valence-electron chi connectivity index (χ2n) is 7.40. The molecular weight excluding hydrogens is 342 g/mol. The first kappa shape index (κ1) is 20.1. The number of pyridine rings is 1. The summed E-state index contributed by atoms with van der Waals surface area (Å²) >= 11 is 0. The summed E-state index contributed by atoms with van der Waals surface area (Å²) in [5, 5.41) is 0. The van der Waals surface area contributed by atoms with E-state index < -0.39 is 0 Å². The van der Waals surface area contributed by atoms with Crippen molar-refractivity contribution in [1.29, 1.82) is 0 Å². The van der Waals surface area contributed by atoms with E-state index in [0.717, 1.165) is 25.2 Å². The molecule has 0 radical (unpaired) electrons. The Morgan fingerprint density at radius 3 is 2.00 bits per heavy atom. The number of hydrogen-bond acceptors (Lipinski definition) is 2. The molecule has 0 amide bonds. The van der Waals surface area contributed by atoms with Crippen molar-refractivity contribution in [2.24, 2.45) is 0 Å². The highest BCUT2D eigenvalue weighted by atomic mass is 16.5. The Morgan fingerprint density at radius 1 is 0.786 bits per heavy atom. The topological polar surface area (TPSA) is 22.1 Å². The largest absolute Gasteiger partial charge is 0.494 e. The molecule has 0 aliphatic heterocycles. The van der Waals surface area contributed by atoms with Crippen LogP contribution >= 0.6 is 0 Å². The van der Waals surface area contributed by atoms with Gasteiger partial charge >= 0.3 is 0 Å². The highest BCUT2D eigenvalue weighted by Crippen LogP contribution is 2.28. The fourth-order valence-corrected chi connectivity index (χ4v) is 3.32. The van der Waals surface area contributed by atoms with Gasteiger partial charge in [0.1, 0.15) is 5.75 Å². The van der Waals surface area contributed by atoms with E-state index in [4.69, 9.17) is 4.74 Å². The minimum atomic E-state index is 0.339. The lowest BCUT2D eigenvalue weighted by Gasteiger charge is -2.14. The molecule has 0 aliphatic carbocycles. The van der Waals surface area contributed by atoms with Gasteiger partial charge in [0, 0.05) is 17.8 Å². The number of rotatable bonds is 9. The minimum absolute atomic E-state index is 0.339. The van der Waals surface area contributed by atoms with Crippen LogP contribution in [0, 0.1) is 0 Å². The van der Waals surface area contributed by atoms with E-state index >= 15 is 0 Å². The molecule has 2 aromatic carbocycles. The van der Waals surface area contributed by atoms with E-state index in [2.05, 4.69) is 74.3 Å². The molecule has 2 nitrogen and oxygen atoms in total. The van der Waals surface area contributed by atoms with Gasteiger partial charge in [0.15, 0.2) is 0 Å². The van der Waals surface area contributed by atoms with Crippen molar-refractivity contribution in [3.63, 3.8) is 0 Å². The third-order valence-corrected chi connectivity index (χ3v) is 5.21. The Balaban J connectivity index is 1.67. The molecule has 0 N–H and O–H groups in total. The summed E-state index contributed by atoms with van der Waals surface area (Å²) < 4.78 is 5.67. The van der Waals surface area contributed by atoms with Gasteiger partial charge in [-0.1, -0.05) is 69.7 Å². The average Bonchev–Trinajstić information content (AvgIpc) is 2.76. The summed E-state index contributed by atoms with van der Waals surface area (Å²) in [7, 11) is 0. The Morgan fingerprint density at radius 2 is 1.43 bits per heavy atom. The number of unbranched alkanes of at least 4 members (excludes halogenated alkanes) is 1. The lowest BCUT2D eigenvalue weighted by molar-refractivity contribution is 0.317. The van der Waals surface area contributed by atoms with Crippen LogP contribution in [-0.2, 0) is 6.42 Å². The molecular formula is C26H31NO. The summed E-state index contributed by atoms with van der Waals surface area (Å²) in [4.78, 5) is 4.65. The van der Waals surface area contributed by atoms with E-state index in [1.54, 1.807) is 0 Å². The molecule has 146 valence electrons. The Bertz CT molecular complexity index is 835. The molecule has 0 aliphatic rings. The van der Waals surface area contributed by atoms with E-state index in [1.807, 2.05) is 18.3 Å². The van der Waals surface area contributed by atoms with Crippen molar-refractivity contribution < 1.29 is 4.74 Å². The number of hydrogen-bond donors (Lipinski definition) is 0. The highest BCUT2D eigenvalue weighted by molar-refractivity contribution is 5.64. The Labute approximate surface area is 169 Å². The molecule has 3 aromatic rings. The first-order valence-corrected chi connectivity index (χ1v) is 10.5. The van der Waals surface area contributed by atoms with Gasteiger partial charge in [0.2, 0.25) is 0 Å². The van der Waals surface area contributed by atoms with Crippen molar-refractivity contribution in [2.75, 3.05) is 6.61 Å². The van der Waals surface area contributed by atoms with Gasteiger partial charge in [-0.05, 0) is 59.7 Å². The molecule has 0 saturated heterocycles. The monoisotopic (exact) mass is 373 g/mol. The van der Waals surface area contributed by atoms with Crippen LogP contribution in [0.2, 0.25) is 0 Å².